The maximum atomic E-state index is 6.15. The van der Waals surface area contributed by atoms with E-state index in [1.54, 1.807) is 30.3 Å². The molecule has 100 valence electrons. The van der Waals surface area contributed by atoms with Gasteiger partial charge in [-0.2, -0.15) is 0 Å². The van der Waals surface area contributed by atoms with Crippen molar-refractivity contribution < 1.29 is 0 Å². The fourth-order valence-corrected chi connectivity index (χ4v) is 2.40. The van der Waals surface area contributed by atoms with Crippen LogP contribution in [-0.4, -0.2) is 9.97 Å². The summed E-state index contributed by atoms with van der Waals surface area (Å²) in [5, 5.41) is 5.05. The van der Waals surface area contributed by atoms with E-state index in [9.17, 15) is 0 Å². The number of para-hydroxylation sites is 1. The van der Waals surface area contributed by atoms with E-state index in [-0.39, 0.29) is 0 Å². The zero-order chi connectivity index (χ0) is 14.1. The minimum Gasteiger partial charge on any atom is -0.399 e. The second-order valence-electron chi connectivity index (χ2n) is 4.22. The van der Waals surface area contributed by atoms with Gasteiger partial charge in [-0.05, 0) is 30.3 Å². The average molecular weight is 305 g/mol. The summed E-state index contributed by atoms with van der Waals surface area (Å²) in [6, 6.07) is 10.8. The van der Waals surface area contributed by atoms with Crippen LogP contribution >= 0.6 is 23.2 Å². The van der Waals surface area contributed by atoms with E-state index in [0.717, 1.165) is 10.9 Å². The van der Waals surface area contributed by atoms with Crippen molar-refractivity contribution in [2.24, 2.45) is 0 Å². The van der Waals surface area contributed by atoms with E-state index in [0.29, 0.717) is 27.2 Å². The Morgan fingerprint density at radius 1 is 1.00 bits per heavy atom. The minimum absolute atomic E-state index is 0.528. The van der Waals surface area contributed by atoms with Gasteiger partial charge in [-0.1, -0.05) is 29.3 Å². The molecule has 1 aromatic heterocycles. The summed E-state index contributed by atoms with van der Waals surface area (Å²) in [7, 11) is 0. The lowest BCUT2D eigenvalue weighted by Gasteiger charge is -2.11. The number of nitrogens with two attached hydrogens (primary N) is 1. The minimum atomic E-state index is 0.528. The summed E-state index contributed by atoms with van der Waals surface area (Å²) < 4.78 is 0. The summed E-state index contributed by atoms with van der Waals surface area (Å²) in [5.41, 5.74) is 7.78. The summed E-state index contributed by atoms with van der Waals surface area (Å²) in [5.74, 6) is 0.630. The normalized spacial score (nSPS) is 10.7. The van der Waals surface area contributed by atoms with Crippen LogP contribution in [0.25, 0.3) is 10.9 Å². The van der Waals surface area contributed by atoms with Gasteiger partial charge >= 0.3 is 0 Å². The number of benzene rings is 2. The van der Waals surface area contributed by atoms with Crippen LogP contribution < -0.4 is 11.1 Å². The monoisotopic (exact) mass is 304 g/mol. The van der Waals surface area contributed by atoms with Crippen molar-refractivity contribution in [2.75, 3.05) is 11.1 Å². The summed E-state index contributed by atoms with van der Waals surface area (Å²) >= 11 is 12.3. The number of hydrogen-bond donors (Lipinski definition) is 2. The number of nitrogens with one attached hydrogen (secondary N) is 1. The topological polar surface area (TPSA) is 63.8 Å². The van der Waals surface area contributed by atoms with Gasteiger partial charge in [-0.3, -0.25) is 0 Å². The van der Waals surface area contributed by atoms with E-state index in [1.165, 1.54) is 6.33 Å². The molecule has 3 rings (SSSR count). The van der Waals surface area contributed by atoms with Gasteiger partial charge in [0.1, 0.15) is 12.1 Å². The van der Waals surface area contributed by atoms with Gasteiger partial charge in [0, 0.05) is 11.1 Å². The number of nitrogen functional groups attached to an aromatic ring is 1. The second-order valence-corrected chi connectivity index (χ2v) is 5.03. The Morgan fingerprint density at radius 3 is 2.50 bits per heavy atom. The van der Waals surface area contributed by atoms with Crippen molar-refractivity contribution in [1.82, 2.24) is 9.97 Å². The fourth-order valence-electron chi connectivity index (χ4n) is 1.91. The first-order chi connectivity index (χ1) is 9.65. The van der Waals surface area contributed by atoms with Crippen molar-refractivity contribution in [3.05, 3.63) is 52.8 Å². The predicted molar refractivity (Wildman–Crippen MR) is 83.7 cm³/mol. The first-order valence-electron chi connectivity index (χ1n) is 5.86. The zero-order valence-corrected chi connectivity index (χ0v) is 11.8. The van der Waals surface area contributed by atoms with Crippen molar-refractivity contribution in [1.29, 1.82) is 0 Å². The third-order valence-corrected chi connectivity index (χ3v) is 3.50. The number of nitrogens with zero attached hydrogens (tertiary/aromatic N) is 2. The molecule has 0 radical (unpaired) electrons. The molecule has 0 fully saturated rings. The van der Waals surface area contributed by atoms with E-state index < -0.39 is 0 Å². The maximum absolute atomic E-state index is 6.15. The van der Waals surface area contributed by atoms with Crippen LogP contribution in [0.15, 0.2) is 42.7 Å². The molecule has 4 nitrogen and oxygen atoms in total. The summed E-state index contributed by atoms with van der Waals surface area (Å²) in [6.45, 7) is 0. The quantitative estimate of drug-likeness (QED) is 0.694. The second kappa shape index (κ2) is 5.15. The van der Waals surface area contributed by atoms with Crippen molar-refractivity contribution >= 4 is 51.3 Å². The van der Waals surface area contributed by atoms with Gasteiger partial charge in [0.05, 0.1) is 21.2 Å². The third-order valence-electron chi connectivity index (χ3n) is 2.87. The molecule has 20 heavy (non-hydrogen) atoms. The number of fused-ring (bicyclic) bond motifs is 1. The molecule has 2 aromatic carbocycles. The number of anilines is 3. The third kappa shape index (κ3) is 2.35. The van der Waals surface area contributed by atoms with Crippen LogP contribution in [0.1, 0.15) is 0 Å². The molecule has 0 aliphatic heterocycles. The van der Waals surface area contributed by atoms with E-state index in [2.05, 4.69) is 15.3 Å². The van der Waals surface area contributed by atoms with Crippen LogP contribution in [-0.2, 0) is 0 Å². The van der Waals surface area contributed by atoms with Gasteiger partial charge < -0.3 is 11.1 Å². The lowest BCUT2D eigenvalue weighted by atomic mass is 10.2. The molecule has 0 aliphatic rings. The van der Waals surface area contributed by atoms with E-state index in [4.69, 9.17) is 28.9 Å². The highest BCUT2D eigenvalue weighted by molar-refractivity contribution is 6.39. The highest BCUT2D eigenvalue weighted by Gasteiger charge is 2.09. The van der Waals surface area contributed by atoms with Crippen molar-refractivity contribution in [3.8, 4) is 0 Å². The van der Waals surface area contributed by atoms with Crippen LogP contribution in [0, 0.1) is 0 Å². The molecule has 0 aliphatic carbocycles. The Morgan fingerprint density at radius 2 is 1.75 bits per heavy atom. The lowest BCUT2D eigenvalue weighted by molar-refractivity contribution is 1.22. The molecular weight excluding hydrogens is 295 g/mol. The standard InChI is InChI=1S/C14H10Cl2N4/c15-10-2-1-3-11(16)13(10)20-14-9-5-4-8(17)6-12(9)18-7-19-14/h1-7H,17H2,(H,18,19,20). The zero-order valence-electron chi connectivity index (χ0n) is 10.3. The van der Waals surface area contributed by atoms with Crippen molar-refractivity contribution in [3.63, 3.8) is 0 Å². The maximum Gasteiger partial charge on any atom is 0.141 e. The van der Waals surface area contributed by atoms with E-state index >= 15 is 0 Å². The molecule has 0 atom stereocenters. The molecule has 3 N–H and O–H groups in total. The van der Waals surface area contributed by atoms with Gasteiger partial charge in [0.2, 0.25) is 0 Å². The molecule has 1 heterocycles. The van der Waals surface area contributed by atoms with Gasteiger partial charge in [-0.15, -0.1) is 0 Å². The number of halogens is 2. The number of rotatable bonds is 2. The van der Waals surface area contributed by atoms with Gasteiger partial charge in [0.15, 0.2) is 0 Å². The fraction of sp³-hybridized carbons (Fsp3) is 0. The molecular formula is C14H10Cl2N4. The smallest absolute Gasteiger partial charge is 0.141 e. The van der Waals surface area contributed by atoms with Gasteiger partial charge in [0.25, 0.3) is 0 Å². The van der Waals surface area contributed by atoms with Crippen LogP contribution in [0.3, 0.4) is 0 Å². The Balaban J connectivity index is 2.11. The highest BCUT2D eigenvalue weighted by atomic mass is 35.5. The molecule has 0 unspecified atom stereocenters. The van der Waals surface area contributed by atoms with Crippen LogP contribution in [0.2, 0.25) is 10.0 Å². The summed E-state index contributed by atoms with van der Waals surface area (Å²) in [6.07, 6.45) is 1.47. The SMILES string of the molecule is Nc1ccc2c(Nc3c(Cl)cccc3Cl)ncnc2c1. The molecule has 0 bridgehead atoms. The predicted octanol–water partition coefficient (Wildman–Crippen LogP) is 4.26. The van der Waals surface area contributed by atoms with Crippen LogP contribution in [0.5, 0.6) is 0 Å². The molecule has 0 saturated carbocycles. The summed E-state index contributed by atoms with van der Waals surface area (Å²) in [4.78, 5) is 8.43. The van der Waals surface area contributed by atoms with Gasteiger partial charge in [-0.25, -0.2) is 9.97 Å². The first-order valence-corrected chi connectivity index (χ1v) is 6.62. The largest absolute Gasteiger partial charge is 0.399 e. The Bertz CT molecular complexity index is 769. The Kier molecular flexibility index (Phi) is 3.34. The number of aromatic nitrogens is 2. The molecule has 6 heteroatoms. The molecule has 0 amide bonds. The molecule has 0 spiro atoms. The first kappa shape index (κ1) is 13.0. The number of hydrogen-bond acceptors (Lipinski definition) is 4. The molecule has 0 saturated heterocycles. The van der Waals surface area contributed by atoms with E-state index in [1.807, 2.05) is 6.07 Å². The Hall–Kier alpha value is -2.04. The Labute approximate surface area is 125 Å². The average Bonchev–Trinajstić information content (AvgIpc) is 2.42. The highest BCUT2D eigenvalue weighted by Crippen LogP contribution is 2.33. The molecule has 3 aromatic rings. The van der Waals surface area contributed by atoms with Crippen molar-refractivity contribution in [2.45, 2.75) is 0 Å². The lowest BCUT2D eigenvalue weighted by Crippen LogP contribution is -1.98. The van der Waals surface area contributed by atoms with Crippen LogP contribution in [0.4, 0.5) is 17.2 Å².